The number of hydrazone groups is 1. The molecule has 1 N–H and O–H groups in total. The highest BCUT2D eigenvalue weighted by Crippen LogP contribution is 2.34. The number of sulfone groups is 1. The van der Waals surface area contributed by atoms with E-state index in [1.807, 2.05) is 5.43 Å². The minimum Gasteiger partial charge on any atom is -0.454 e. The first-order chi connectivity index (χ1) is 13.2. The number of nitrogens with one attached hydrogen (secondary N) is 1. The minimum absolute atomic E-state index is 0.0465. The van der Waals surface area contributed by atoms with Crippen molar-refractivity contribution in [3.8, 4) is 11.5 Å². The molecule has 3 rings (SSSR count). The number of carbonyl (C=O) groups excluding carboxylic acids is 1. The van der Waals surface area contributed by atoms with Gasteiger partial charge in [0, 0.05) is 11.8 Å². The van der Waals surface area contributed by atoms with E-state index in [0.29, 0.717) is 35.4 Å². The highest BCUT2D eigenvalue weighted by molar-refractivity contribution is 7.92. The Morgan fingerprint density at radius 1 is 1.25 bits per heavy atom. The number of hydrogen-bond acceptors (Lipinski definition) is 7. The van der Waals surface area contributed by atoms with Gasteiger partial charge in [-0.25, -0.2) is 18.8 Å². The van der Waals surface area contributed by atoms with Gasteiger partial charge in [-0.3, -0.25) is 4.79 Å². The van der Waals surface area contributed by atoms with Gasteiger partial charge >= 0.3 is 6.18 Å². The fourth-order valence-electron chi connectivity index (χ4n) is 2.24. The Bertz CT molecular complexity index is 1020. The topological polar surface area (TPSA) is 107 Å². The van der Waals surface area contributed by atoms with E-state index in [2.05, 4.69) is 10.1 Å². The monoisotopic (exact) mass is 415 g/mol. The molecular weight excluding hydrogens is 403 g/mol. The lowest BCUT2D eigenvalue weighted by Gasteiger charge is -2.07. The lowest BCUT2D eigenvalue weighted by Crippen LogP contribution is -2.27. The van der Waals surface area contributed by atoms with E-state index in [9.17, 15) is 26.4 Å². The van der Waals surface area contributed by atoms with Gasteiger partial charge in [-0.15, -0.1) is 0 Å². The maximum absolute atomic E-state index is 12.5. The van der Waals surface area contributed by atoms with Crippen LogP contribution in [0, 0.1) is 0 Å². The van der Waals surface area contributed by atoms with Crippen molar-refractivity contribution in [3.63, 3.8) is 0 Å². The molecule has 1 aromatic heterocycles. The van der Waals surface area contributed by atoms with Crippen molar-refractivity contribution in [2.45, 2.75) is 11.2 Å². The zero-order valence-electron chi connectivity index (χ0n) is 13.9. The summed E-state index contributed by atoms with van der Waals surface area (Å²) >= 11 is 0. The fraction of sp³-hybridized carbons (Fsp3) is 0.188. The molecule has 2 aromatic rings. The molecular formula is C16H12F3N3O5S. The number of halogens is 3. The molecule has 1 aliphatic rings. The second-order valence-electron chi connectivity index (χ2n) is 5.52. The van der Waals surface area contributed by atoms with Crippen LogP contribution in [0.25, 0.3) is 0 Å². The number of nitrogens with zero attached hydrogens (tertiary/aromatic N) is 2. The van der Waals surface area contributed by atoms with E-state index in [-0.39, 0.29) is 6.79 Å². The van der Waals surface area contributed by atoms with Gasteiger partial charge < -0.3 is 9.47 Å². The molecule has 1 aromatic carbocycles. The van der Waals surface area contributed by atoms with Crippen LogP contribution < -0.4 is 14.9 Å². The summed E-state index contributed by atoms with van der Waals surface area (Å²) < 4.78 is 72.1. The number of carbonyl (C=O) groups is 1. The molecule has 0 saturated heterocycles. The number of pyridine rings is 1. The first kappa shape index (κ1) is 19.6. The minimum atomic E-state index is -4.65. The lowest BCUT2D eigenvalue weighted by molar-refractivity contribution is -0.137. The number of rotatable bonds is 5. The number of amides is 1. The van der Waals surface area contributed by atoms with Crippen LogP contribution in [0.5, 0.6) is 11.5 Å². The van der Waals surface area contributed by atoms with E-state index >= 15 is 0 Å². The summed E-state index contributed by atoms with van der Waals surface area (Å²) in [6.45, 7) is 0.0465. The van der Waals surface area contributed by atoms with Crippen LogP contribution in [-0.2, 0) is 20.8 Å². The molecule has 0 fully saturated rings. The molecule has 0 aliphatic carbocycles. The molecule has 0 atom stereocenters. The number of ether oxygens (including phenoxy) is 2. The van der Waals surface area contributed by atoms with Crippen molar-refractivity contribution >= 4 is 22.0 Å². The van der Waals surface area contributed by atoms with Gasteiger partial charge in [0.25, 0.3) is 5.91 Å². The predicted molar refractivity (Wildman–Crippen MR) is 89.6 cm³/mol. The molecule has 0 bridgehead atoms. The standard InChI is InChI=1S/C16H12F3N3O5S/c17-16(18,19)11-4-5-14(20-7-11)28(24,25)8-13(23)22-21-6-10-2-1-3-12-15(10)27-9-26-12/h1-7H,8-9H2,(H,22,23). The van der Waals surface area contributed by atoms with Crippen molar-refractivity contribution in [2.24, 2.45) is 5.10 Å². The Morgan fingerprint density at radius 3 is 2.71 bits per heavy atom. The van der Waals surface area contributed by atoms with E-state index in [1.54, 1.807) is 18.2 Å². The molecule has 0 saturated carbocycles. The van der Waals surface area contributed by atoms with E-state index in [0.717, 1.165) is 0 Å². The number of fused-ring (bicyclic) bond motifs is 1. The number of benzene rings is 1. The molecule has 0 radical (unpaired) electrons. The van der Waals surface area contributed by atoms with Crippen LogP contribution in [0.2, 0.25) is 0 Å². The fourth-order valence-corrected chi connectivity index (χ4v) is 3.29. The summed E-state index contributed by atoms with van der Waals surface area (Å²) in [7, 11) is -4.24. The van der Waals surface area contributed by atoms with Crippen LogP contribution in [0.15, 0.2) is 46.7 Å². The predicted octanol–water partition coefficient (Wildman–Crippen LogP) is 1.75. The summed E-state index contributed by atoms with van der Waals surface area (Å²) in [4.78, 5) is 15.1. The van der Waals surface area contributed by atoms with E-state index in [1.165, 1.54) is 6.21 Å². The van der Waals surface area contributed by atoms with Crippen molar-refractivity contribution in [1.29, 1.82) is 0 Å². The van der Waals surface area contributed by atoms with Gasteiger partial charge in [0.15, 0.2) is 16.5 Å². The Kier molecular flexibility index (Phi) is 5.23. The number of para-hydroxylation sites is 1. The first-order valence-corrected chi connectivity index (χ1v) is 9.28. The largest absolute Gasteiger partial charge is 0.454 e. The number of hydrogen-bond donors (Lipinski definition) is 1. The van der Waals surface area contributed by atoms with Crippen LogP contribution >= 0.6 is 0 Å². The van der Waals surface area contributed by atoms with Crippen LogP contribution in [0.1, 0.15) is 11.1 Å². The summed E-state index contributed by atoms with van der Waals surface area (Å²) in [6.07, 6.45) is -3.01. The second kappa shape index (κ2) is 7.46. The molecule has 28 heavy (non-hydrogen) atoms. The van der Waals surface area contributed by atoms with Crippen LogP contribution in [-0.4, -0.2) is 38.1 Å². The van der Waals surface area contributed by atoms with Crippen molar-refractivity contribution in [1.82, 2.24) is 10.4 Å². The average molecular weight is 415 g/mol. The summed E-state index contributed by atoms with van der Waals surface area (Å²) in [5.74, 6) is -1.08. The Hall–Kier alpha value is -3.15. The number of aromatic nitrogens is 1. The molecule has 2 heterocycles. The van der Waals surface area contributed by atoms with Crippen LogP contribution in [0.3, 0.4) is 0 Å². The summed E-state index contributed by atoms with van der Waals surface area (Å²) in [5.41, 5.74) is 1.44. The Labute approximate surface area is 156 Å². The maximum Gasteiger partial charge on any atom is 0.417 e. The Balaban J connectivity index is 1.63. The van der Waals surface area contributed by atoms with Gasteiger partial charge in [0.05, 0.1) is 11.8 Å². The quantitative estimate of drug-likeness (QED) is 0.589. The van der Waals surface area contributed by atoms with Gasteiger partial charge in [-0.1, -0.05) is 6.07 Å². The van der Waals surface area contributed by atoms with Gasteiger partial charge in [-0.2, -0.15) is 18.3 Å². The van der Waals surface area contributed by atoms with E-state index in [4.69, 9.17) is 9.47 Å². The second-order valence-corrected chi connectivity index (χ2v) is 7.45. The zero-order chi connectivity index (χ0) is 20.4. The van der Waals surface area contributed by atoms with Crippen LogP contribution in [0.4, 0.5) is 13.2 Å². The molecule has 8 nitrogen and oxygen atoms in total. The molecule has 12 heteroatoms. The zero-order valence-corrected chi connectivity index (χ0v) is 14.7. The highest BCUT2D eigenvalue weighted by atomic mass is 32.2. The van der Waals surface area contributed by atoms with Crippen molar-refractivity contribution in [2.75, 3.05) is 12.5 Å². The molecule has 148 valence electrons. The highest BCUT2D eigenvalue weighted by Gasteiger charge is 2.31. The molecule has 1 amide bonds. The maximum atomic E-state index is 12.5. The smallest absolute Gasteiger partial charge is 0.417 e. The van der Waals surface area contributed by atoms with Gasteiger partial charge in [0.1, 0.15) is 5.75 Å². The summed E-state index contributed by atoms with van der Waals surface area (Å²) in [5, 5.41) is 3.00. The lowest BCUT2D eigenvalue weighted by atomic mass is 10.2. The molecule has 0 unspecified atom stereocenters. The number of alkyl halides is 3. The van der Waals surface area contributed by atoms with Crippen molar-refractivity contribution in [3.05, 3.63) is 47.7 Å². The normalized spacial score (nSPS) is 13.7. The summed E-state index contributed by atoms with van der Waals surface area (Å²) in [6, 6.07) is 6.28. The Morgan fingerprint density at radius 2 is 2.04 bits per heavy atom. The van der Waals surface area contributed by atoms with Gasteiger partial charge in [0.2, 0.25) is 16.6 Å². The van der Waals surface area contributed by atoms with E-state index < -0.39 is 38.3 Å². The first-order valence-electron chi connectivity index (χ1n) is 7.63. The third kappa shape index (κ3) is 4.39. The average Bonchev–Trinajstić information content (AvgIpc) is 3.10. The molecule has 0 spiro atoms. The SMILES string of the molecule is O=C(CS(=O)(=O)c1ccc(C(F)(F)F)cn1)NN=Cc1cccc2c1OCO2. The third-order valence-electron chi connectivity index (χ3n) is 3.52. The third-order valence-corrected chi connectivity index (χ3v) is 5.04. The van der Waals surface area contributed by atoms with Gasteiger partial charge in [-0.05, 0) is 24.3 Å². The van der Waals surface area contributed by atoms with Crippen molar-refractivity contribution < 1.29 is 35.9 Å². The molecule has 1 aliphatic heterocycles.